The van der Waals surface area contributed by atoms with Gasteiger partial charge in [-0.05, 0) is 59.7 Å². The van der Waals surface area contributed by atoms with Gasteiger partial charge in [0.1, 0.15) is 0 Å². The third-order valence-electron chi connectivity index (χ3n) is 4.61. The Morgan fingerprint density at radius 2 is 0.643 bits per heavy atom. The van der Waals surface area contributed by atoms with E-state index >= 15 is 0 Å². The molecular formula is C24H18N2Si2. The zero-order chi connectivity index (χ0) is 19.3. The maximum Gasteiger partial charge on any atom is 0.196 e. The highest BCUT2D eigenvalue weighted by atomic mass is 28.2. The van der Waals surface area contributed by atoms with Gasteiger partial charge in [-0.2, -0.15) is 0 Å². The van der Waals surface area contributed by atoms with Crippen molar-refractivity contribution in [2.75, 3.05) is 9.13 Å². The predicted octanol–water partition coefficient (Wildman–Crippen LogP) is 5.80. The van der Waals surface area contributed by atoms with E-state index in [1.807, 2.05) is 45.5 Å². The van der Waals surface area contributed by atoms with Crippen LogP contribution in [-0.2, 0) is 0 Å². The lowest BCUT2D eigenvalue weighted by molar-refractivity contribution is 1.40. The molecule has 0 unspecified atom stereocenters. The molecule has 4 aromatic carbocycles. The van der Waals surface area contributed by atoms with E-state index in [2.05, 4.69) is 93.6 Å². The van der Waals surface area contributed by atoms with Crippen molar-refractivity contribution in [2.45, 2.75) is 0 Å². The molecule has 0 saturated carbocycles. The van der Waals surface area contributed by atoms with E-state index in [4.69, 9.17) is 0 Å². The molecule has 0 bridgehead atoms. The highest BCUT2D eigenvalue weighted by Gasteiger charge is 2.06. The van der Waals surface area contributed by atoms with Crippen molar-refractivity contribution in [3.63, 3.8) is 0 Å². The molecule has 0 N–H and O–H groups in total. The topological polar surface area (TPSA) is 6.48 Å². The van der Waals surface area contributed by atoms with Crippen molar-refractivity contribution in [3.05, 3.63) is 109 Å². The fourth-order valence-corrected chi connectivity index (χ4v) is 3.65. The molecule has 0 atom stereocenters. The summed E-state index contributed by atoms with van der Waals surface area (Å²) in [5.74, 6) is 0. The molecule has 4 heteroatoms. The van der Waals surface area contributed by atoms with E-state index in [0.717, 1.165) is 22.7 Å². The zero-order valence-electron chi connectivity index (χ0n) is 15.3. The maximum atomic E-state index is 3.70. The van der Waals surface area contributed by atoms with Crippen LogP contribution in [0.2, 0.25) is 0 Å². The zero-order valence-corrected chi connectivity index (χ0v) is 17.3. The molecule has 0 amide bonds. The van der Waals surface area contributed by atoms with Gasteiger partial charge in [-0.3, -0.25) is 0 Å². The first kappa shape index (κ1) is 18.3. The SMILES string of the molecule is [Si]N(c1ccccc1)c1ccc(-c2ccc(N([Si])c3ccccc3)cc2)cc1. The first-order valence-electron chi connectivity index (χ1n) is 9.06. The number of rotatable bonds is 5. The van der Waals surface area contributed by atoms with Gasteiger partial charge >= 0.3 is 0 Å². The summed E-state index contributed by atoms with van der Waals surface area (Å²) in [6.07, 6.45) is 0. The summed E-state index contributed by atoms with van der Waals surface area (Å²) in [4.78, 5) is 0. The second-order valence-corrected chi connectivity index (χ2v) is 7.33. The highest BCUT2D eigenvalue weighted by Crippen LogP contribution is 2.29. The summed E-state index contributed by atoms with van der Waals surface area (Å²) in [6, 6.07) is 37.4. The van der Waals surface area contributed by atoms with E-state index in [-0.39, 0.29) is 0 Å². The van der Waals surface area contributed by atoms with Crippen molar-refractivity contribution >= 4 is 43.6 Å². The van der Waals surface area contributed by atoms with E-state index in [1.165, 1.54) is 11.1 Å². The molecule has 2 nitrogen and oxygen atoms in total. The quantitative estimate of drug-likeness (QED) is 0.398. The largest absolute Gasteiger partial charge is 0.371 e. The van der Waals surface area contributed by atoms with Crippen LogP contribution in [0.4, 0.5) is 22.7 Å². The molecule has 132 valence electrons. The second kappa shape index (κ2) is 8.29. The summed E-state index contributed by atoms with van der Waals surface area (Å²) >= 11 is 0. The molecule has 0 fully saturated rings. The Morgan fingerprint density at radius 1 is 0.357 bits per heavy atom. The van der Waals surface area contributed by atoms with Crippen LogP contribution in [0.1, 0.15) is 0 Å². The molecule has 6 radical (unpaired) electrons. The molecule has 0 aromatic heterocycles. The fourth-order valence-electron chi connectivity index (χ4n) is 3.06. The number of nitrogens with zero attached hydrogens (tertiary/aromatic N) is 2. The van der Waals surface area contributed by atoms with Crippen molar-refractivity contribution in [1.82, 2.24) is 0 Å². The first-order valence-corrected chi connectivity index (χ1v) is 9.95. The van der Waals surface area contributed by atoms with Gasteiger partial charge in [0.2, 0.25) is 0 Å². The van der Waals surface area contributed by atoms with Gasteiger partial charge < -0.3 is 9.13 Å². The normalized spacial score (nSPS) is 10.5. The van der Waals surface area contributed by atoms with E-state index in [1.54, 1.807) is 0 Å². The van der Waals surface area contributed by atoms with Crippen LogP contribution in [0.25, 0.3) is 11.1 Å². The van der Waals surface area contributed by atoms with Gasteiger partial charge in [0.15, 0.2) is 20.8 Å². The Balaban J connectivity index is 1.52. The van der Waals surface area contributed by atoms with Crippen LogP contribution in [0, 0.1) is 0 Å². The number of benzene rings is 4. The molecule has 0 aliphatic carbocycles. The number of para-hydroxylation sites is 2. The standard InChI is InChI=1S/C24H18N2Si2/c27-25(21-7-3-1-4-8-21)23-15-11-19(12-16-23)20-13-17-24(18-14-20)26(28)22-9-5-2-6-10-22/h1-18H. The smallest absolute Gasteiger partial charge is 0.196 e. The monoisotopic (exact) mass is 390 g/mol. The van der Waals surface area contributed by atoms with Crippen molar-refractivity contribution < 1.29 is 0 Å². The van der Waals surface area contributed by atoms with Gasteiger partial charge in [0.05, 0.1) is 0 Å². The van der Waals surface area contributed by atoms with Crippen LogP contribution < -0.4 is 9.13 Å². The Kier molecular flexibility index (Phi) is 5.41. The van der Waals surface area contributed by atoms with Crippen LogP contribution in [0.3, 0.4) is 0 Å². The van der Waals surface area contributed by atoms with Crippen LogP contribution >= 0.6 is 0 Å². The van der Waals surface area contributed by atoms with Crippen molar-refractivity contribution in [2.24, 2.45) is 0 Å². The Bertz CT molecular complexity index is 931. The lowest BCUT2D eigenvalue weighted by atomic mass is 10.0. The average Bonchev–Trinajstić information content (AvgIpc) is 2.79. The van der Waals surface area contributed by atoms with Crippen LogP contribution in [0.5, 0.6) is 0 Å². The molecule has 0 aliphatic heterocycles. The van der Waals surface area contributed by atoms with Gasteiger partial charge in [-0.15, -0.1) is 0 Å². The van der Waals surface area contributed by atoms with E-state index in [0.29, 0.717) is 0 Å². The third-order valence-corrected chi connectivity index (χ3v) is 5.65. The van der Waals surface area contributed by atoms with Gasteiger partial charge in [0.25, 0.3) is 0 Å². The summed E-state index contributed by atoms with van der Waals surface area (Å²) < 4.78 is 3.99. The van der Waals surface area contributed by atoms with E-state index < -0.39 is 0 Å². The maximum absolute atomic E-state index is 3.70. The lowest BCUT2D eigenvalue weighted by Gasteiger charge is -2.20. The molecule has 0 heterocycles. The molecule has 0 aliphatic rings. The minimum absolute atomic E-state index is 1.08. The molecule has 4 aromatic rings. The molecule has 0 spiro atoms. The Morgan fingerprint density at radius 3 is 0.964 bits per heavy atom. The van der Waals surface area contributed by atoms with Crippen molar-refractivity contribution in [1.29, 1.82) is 0 Å². The Hall–Kier alpha value is -3.09. The highest BCUT2D eigenvalue weighted by molar-refractivity contribution is 6.22. The van der Waals surface area contributed by atoms with Crippen LogP contribution in [-0.4, -0.2) is 20.8 Å². The molecule has 0 saturated heterocycles. The summed E-state index contributed by atoms with van der Waals surface area (Å²) in [5.41, 5.74) is 6.72. The van der Waals surface area contributed by atoms with Crippen molar-refractivity contribution in [3.8, 4) is 11.1 Å². The van der Waals surface area contributed by atoms with Gasteiger partial charge in [-0.1, -0.05) is 60.7 Å². The summed E-state index contributed by atoms with van der Waals surface area (Å²) in [7, 11) is 7.41. The average molecular weight is 391 g/mol. The lowest BCUT2D eigenvalue weighted by Crippen LogP contribution is -2.11. The fraction of sp³-hybridized carbons (Fsp3) is 0. The Labute approximate surface area is 173 Å². The minimum atomic E-state index is 1.08. The third kappa shape index (κ3) is 3.93. The number of hydrogen-bond acceptors (Lipinski definition) is 2. The molecular weight excluding hydrogens is 372 g/mol. The number of anilines is 4. The molecule has 28 heavy (non-hydrogen) atoms. The first-order chi connectivity index (χ1) is 13.7. The van der Waals surface area contributed by atoms with Gasteiger partial charge in [0, 0.05) is 22.7 Å². The minimum Gasteiger partial charge on any atom is -0.371 e. The number of hydrogen-bond donors (Lipinski definition) is 0. The van der Waals surface area contributed by atoms with Crippen LogP contribution in [0.15, 0.2) is 109 Å². The second-order valence-electron chi connectivity index (χ2n) is 6.44. The summed E-state index contributed by atoms with van der Waals surface area (Å²) in [6.45, 7) is 0. The van der Waals surface area contributed by atoms with E-state index in [9.17, 15) is 0 Å². The summed E-state index contributed by atoms with van der Waals surface area (Å²) in [5, 5.41) is 0. The van der Waals surface area contributed by atoms with Gasteiger partial charge in [-0.25, -0.2) is 0 Å². The predicted molar refractivity (Wildman–Crippen MR) is 121 cm³/mol. The molecule has 4 rings (SSSR count).